The first-order valence-electron chi connectivity index (χ1n) is 7.40. The largest absolute Gasteiger partial charge is 0.481 e. The Morgan fingerprint density at radius 1 is 1.50 bits per heavy atom. The van der Waals surface area contributed by atoms with Crippen molar-refractivity contribution < 1.29 is 9.53 Å². The Morgan fingerprint density at radius 2 is 2.41 bits per heavy atom. The molecule has 1 aliphatic carbocycles. The molecule has 2 heterocycles. The number of amides is 1. The van der Waals surface area contributed by atoms with Gasteiger partial charge in [-0.25, -0.2) is 4.98 Å². The molecule has 1 aliphatic rings. The first kappa shape index (κ1) is 14.6. The minimum Gasteiger partial charge on any atom is -0.481 e. The van der Waals surface area contributed by atoms with Crippen LogP contribution in [-0.2, 0) is 11.2 Å². The molecule has 2 aromatic rings. The second-order valence-corrected chi connectivity index (χ2v) is 5.44. The molecule has 0 aliphatic heterocycles. The maximum atomic E-state index is 12.0. The second kappa shape index (κ2) is 6.60. The van der Waals surface area contributed by atoms with Crippen LogP contribution in [0.5, 0.6) is 5.88 Å². The highest BCUT2D eigenvalue weighted by Gasteiger charge is 2.19. The normalized spacial score (nSPS) is 15.0. The van der Waals surface area contributed by atoms with Gasteiger partial charge in [0.1, 0.15) is 0 Å². The number of aromatic nitrogens is 3. The fourth-order valence-corrected chi connectivity index (χ4v) is 2.66. The van der Waals surface area contributed by atoms with Gasteiger partial charge in [0.15, 0.2) is 5.82 Å². The number of pyridine rings is 1. The fraction of sp³-hybridized carbons (Fsp3) is 0.375. The summed E-state index contributed by atoms with van der Waals surface area (Å²) in [5, 5.41) is 9.99. The summed E-state index contributed by atoms with van der Waals surface area (Å²) >= 11 is 0. The number of hydrogen-bond acceptors (Lipinski definition) is 4. The summed E-state index contributed by atoms with van der Waals surface area (Å²) in [6, 6.07) is 5.50. The second-order valence-electron chi connectivity index (χ2n) is 5.44. The van der Waals surface area contributed by atoms with E-state index in [-0.39, 0.29) is 12.3 Å². The fourth-order valence-electron chi connectivity index (χ4n) is 2.66. The smallest absolute Gasteiger partial charge is 0.230 e. The quantitative estimate of drug-likeness (QED) is 0.889. The highest BCUT2D eigenvalue weighted by molar-refractivity contribution is 5.91. The van der Waals surface area contributed by atoms with Crippen LogP contribution in [0.3, 0.4) is 0 Å². The van der Waals surface area contributed by atoms with E-state index in [0.29, 0.717) is 17.6 Å². The lowest BCUT2D eigenvalue weighted by Crippen LogP contribution is -2.14. The number of nitrogens with one attached hydrogen (secondary N) is 2. The number of nitrogens with zero attached hydrogens (tertiary/aromatic N) is 2. The number of carbonyl (C=O) groups excluding carboxylic acids is 1. The molecule has 1 amide bonds. The molecule has 1 radical (unpaired) electrons. The number of anilines is 1. The van der Waals surface area contributed by atoms with Crippen molar-refractivity contribution in [2.45, 2.75) is 31.6 Å². The average Bonchev–Trinajstić information content (AvgIpc) is 3.19. The van der Waals surface area contributed by atoms with Crippen LogP contribution >= 0.6 is 0 Å². The third kappa shape index (κ3) is 3.44. The van der Waals surface area contributed by atoms with Gasteiger partial charge in [-0.2, -0.15) is 5.10 Å². The van der Waals surface area contributed by atoms with Crippen LogP contribution in [0.25, 0.3) is 0 Å². The minimum absolute atomic E-state index is 0.108. The maximum absolute atomic E-state index is 12.0. The summed E-state index contributed by atoms with van der Waals surface area (Å²) in [6.07, 6.45) is 7.57. The van der Waals surface area contributed by atoms with Crippen molar-refractivity contribution in [1.82, 2.24) is 15.2 Å². The summed E-state index contributed by atoms with van der Waals surface area (Å²) in [7, 11) is 1.56. The molecule has 1 saturated carbocycles. The third-order valence-corrected chi connectivity index (χ3v) is 3.85. The van der Waals surface area contributed by atoms with Crippen LogP contribution in [0.2, 0.25) is 0 Å². The lowest BCUT2D eigenvalue weighted by Gasteiger charge is -2.04. The SMILES string of the molecule is COc1ccc(CC(=O)Nc2cc([C@@H]3C[CH]CC3)[nH]n2)cn1. The number of methoxy groups -OCH3 is 1. The van der Waals surface area contributed by atoms with Gasteiger partial charge in [-0.1, -0.05) is 6.07 Å². The predicted molar refractivity (Wildman–Crippen MR) is 82.6 cm³/mol. The number of rotatable bonds is 5. The van der Waals surface area contributed by atoms with Crippen LogP contribution in [0.15, 0.2) is 24.4 Å². The van der Waals surface area contributed by atoms with E-state index in [2.05, 4.69) is 26.9 Å². The topological polar surface area (TPSA) is 79.9 Å². The Labute approximate surface area is 129 Å². The Morgan fingerprint density at radius 3 is 3.09 bits per heavy atom. The molecule has 115 valence electrons. The van der Waals surface area contributed by atoms with E-state index in [1.54, 1.807) is 19.4 Å². The summed E-state index contributed by atoms with van der Waals surface area (Å²) in [4.78, 5) is 16.1. The molecule has 1 fully saturated rings. The maximum Gasteiger partial charge on any atom is 0.230 e. The summed E-state index contributed by atoms with van der Waals surface area (Å²) < 4.78 is 4.99. The molecule has 0 aromatic carbocycles. The zero-order valence-electron chi connectivity index (χ0n) is 12.5. The van der Waals surface area contributed by atoms with Crippen LogP contribution in [-0.4, -0.2) is 28.2 Å². The van der Waals surface area contributed by atoms with Crippen molar-refractivity contribution >= 4 is 11.7 Å². The van der Waals surface area contributed by atoms with Crippen molar-refractivity contribution in [3.63, 3.8) is 0 Å². The molecule has 22 heavy (non-hydrogen) atoms. The molecule has 6 heteroatoms. The van der Waals surface area contributed by atoms with Gasteiger partial charge in [0.25, 0.3) is 0 Å². The average molecular weight is 299 g/mol. The summed E-state index contributed by atoms with van der Waals surface area (Å²) in [6.45, 7) is 0. The van der Waals surface area contributed by atoms with Crippen LogP contribution in [0.1, 0.15) is 36.4 Å². The molecule has 0 spiro atoms. The Bertz CT molecular complexity index is 630. The number of hydrogen-bond donors (Lipinski definition) is 2. The lowest BCUT2D eigenvalue weighted by molar-refractivity contribution is -0.115. The molecule has 0 bridgehead atoms. The van der Waals surface area contributed by atoms with Crippen LogP contribution in [0, 0.1) is 6.42 Å². The first-order chi connectivity index (χ1) is 10.7. The zero-order valence-corrected chi connectivity index (χ0v) is 12.5. The van der Waals surface area contributed by atoms with Gasteiger partial charge in [-0.15, -0.1) is 0 Å². The van der Waals surface area contributed by atoms with E-state index < -0.39 is 0 Å². The van der Waals surface area contributed by atoms with E-state index in [1.807, 2.05) is 12.1 Å². The number of aromatic amines is 1. The van der Waals surface area contributed by atoms with Gasteiger partial charge in [0.2, 0.25) is 11.8 Å². The Kier molecular flexibility index (Phi) is 4.37. The Hall–Kier alpha value is -2.37. The lowest BCUT2D eigenvalue weighted by atomic mass is 10.0. The highest BCUT2D eigenvalue weighted by Crippen LogP contribution is 2.32. The van der Waals surface area contributed by atoms with Crippen LogP contribution < -0.4 is 10.1 Å². The van der Waals surface area contributed by atoms with Crippen molar-refractivity contribution in [2.75, 3.05) is 12.4 Å². The summed E-state index contributed by atoms with van der Waals surface area (Å²) in [5.74, 6) is 1.51. The van der Waals surface area contributed by atoms with Gasteiger partial charge in [-0.3, -0.25) is 9.89 Å². The van der Waals surface area contributed by atoms with E-state index in [9.17, 15) is 4.79 Å². The number of H-pyrrole nitrogens is 1. The molecule has 3 rings (SSSR count). The molecule has 2 aromatic heterocycles. The molecule has 6 nitrogen and oxygen atoms in total. The zero-order chi connectivity index (χ0) is 15.4. The molecule has 0 saturated heterocycles. The van der Waals surface area contributed by atoms with E-state index in [0.717, 1.165) is 30.5 Å². The Balaban J connectivity index is 1.56. The van der Waals surface area contributed by atoms with E-state index >= 15 is 0 Å². The standard InChI is InChI=1S/C16H19N4O2/c1-22-16-7-6-11(10-17-16)8-15(21)18-14-9-13(19-20-14)12-4-2-3-5-12/h2,6-7,9-10,12H,3-5,8H2,1H3,(H2,18,19,20,21)/t12-/m1/s1. The minimum atomic E-state index is -0.108. The monoisotopic (exact) mass is 299 g/mol. The molecule has 1 atom stereocenters. The third-order valence-electron chi connectivity index (χ3n) is 3.85. The van der Waals surface area contributed by atoms with Gasteiger partial charge in [0.05, 0.1) is 13.5 Å². The van der Waals surface area contributed by atoms with E-state index in [1.165, 1.54) is 0 Å². The number of carbonyl (C=O) groups is 1. The van der Waals surface area contributed by atoms with Gasteiger partial charge >= 0.3 is 0 Å². The van der Waals surface area contributed by atoms with Gasteiger partial charge in [0, 0.05) is 29.9 Å². The predicted octanol–water partition coefficient (Wildman–Crippen LogP) is 2.47. The summed E-state index contributed by atoms with van der Waals surface area (Å²) in [5.41, 5.74) is 1.93. The van der Waals surface area contributed by atoms with Crippen molar-refractivity contribution in [3.8, 4) is 5.88 Å². The van der Waals surface area contributed by atoms with E-state index in [4.69, 9.17) is 4.74 Å². The molecule has 2 N–H and O–H groups in total. The molecular weight excluding hydrogens is 280 g/mol. The van der Waals surface area contributed by atoms with Crippen molar-refractivity contribution in [1.29, 1.82) is 0 Å². The highest BCUT2D eigenvalue weighted by atomic mass is 16.5. The van der Waals surface area contributed by atoms with Crippen LogP contribution in [0.4, 0.5) is 5.82 Å². The van der Waals surface area contributed by atoms with Gasteiger partial charge < -0.3 is 10.1 Å². The van der Waals surface area contributed by atoms with Crippen molar-refractivity contribution in [3.05, 3.63) is 42.1 Å². The molecular formula is C16H19N4O2. The van der Waals surface area contributed by atoms with Crippen molar-refractivity contribution in [2.24, 2.45) is 0 Å². The first-order valence-corrected chi connectivity index (χ1v) is 7.40. The number of ether oxygens (including phenoxy) is 1. The van der Waals surface area contributed by atoms with Gasteiger partial charge in [-0.05, 0) is 31.2 Å². The molecule has 0 unspecified atom stereocenters.